The van der Waals surface area contributed by atoms with Gasteiger partial charge in [0.05, 0.1) is 0 Å². The van der Waals surface area contributed by atoms with E-state index in [-0.39, 0.29) is 17.7 Å². The van der Waals surface area contributed by atoms with Crippen molar-refractivity contribution in [3.8, 4) is 0 Å². The molecule has 3 rings (SSSR count). The zero-order chi connectivity index (χ0) is 16.6. The minimum Gasteiger partial charge on any atom is -0.312 e. The molecule has 1 saturated heterocycles. The highest BCUT2D eigenvalue weighted by Gasteiger charge is 2.34. The summed E-state index contributed by atoms with van der Waals surface area (Å²) in [6.07, 6.45) is 0.375. The van der Waals surface area contributed by atoms with Crippen molar-refractivity contribution < 1.29 is 9.59 Å². The summed E-state index contributed by atoms with van der Waals surface area (Å²) >= 11 is 7.45. The van der Waals surface area contributed by atoms with Crippen molar-refractivity contribution >= 4 is 45.6 Å². The highest BCUT2D eigenvalue weighted by atomic mass is 35.5. The summed E-state index contributed by atoms with van der Waals surface area (Å²) in [6, 6.07) is 5.60. The van der Waals surface area contributed by atoms with Gasteiger partial charge in [-0.1, -0.05) is 29.0 Å². The fourth-order valence-corrected chi connectivity index (χ4v) is 3.53. The molecule has 0 spiro atoms. The maximum Gasteiger partial charge on any atom is 0.227 e. The SMILES string of the molecule is CC(=O)Nc1nnc([C@@H]2CC(=O)N(c3ccc(C)c(Cl)c3)C2)s1. The predicted molar refractivity (Wildman–Crippen MR) is 90.1 cm³/mol. The highest BCUT2D eigenvalue weighted by molar-refractivity contribution is 7.15. The van der Waals surface area contributed by atoms with Gasteiger partial charge in [0, 0.05) is 36.5 Å². The van der Waals surface area contributed by atoms with E-state index in [0.29, 0.717) is 23.1 Å². The molecule has 120 valence electrons. The van der Waals surface area contributed by atoms with Crippen LogP contribution in [0.1, 0.15) is 29.8 Å². The lowest BCUT2D eigenvalue weighted by molar-refractivity contribution is -0.117. The molecule has 1 atom stereocenters. The van der Waals surface area contributed by atoms with Crippen LogP contribution >= 0.6 is 22.9 Å². The second-order valence-corrected chi connectivity index (χ2v) is 6.88. The van der Waals surface area contributed by atoms with Gasteiger partial charge in [0.1, 0.15) is 5.01 Å². The lowest BCUT2D eigenvalue weighted by Crippen LogP contribution is -2.24. The van der Waals surface area contributed by atoms with E-state index in [9.17, 15) is 9.59 Å². The molecule has 0 bridgehead atoms. The van der Waals surface area contributed by atoms with E-state index in [1.165, 1.54) is 18.3 Å². The topological polar surface area (TPSA) is 75.2 Å². The smallest absolute Gasteiger partial charge is 0.227 e. The molecule has 0 saturated carbocycles. The second kappa shape index (κ2) is 6.25. The molecule has 2 aromatic rings. The molecule has 23 heavy (non-hydrogen) atoms. The number of nitrogens with one attached hydrogen (secondary N) is 1. The van der Waals surface area contributed by atoms with Crippen molar-refractivity contribution in [3.05, 3.63) is 33.8 Å². The van der Waals surface area contributed by atoms with Gasteiger partial charge in [-0.25, -0.2) is 0 Å². The molecule has 1 fully saturated rings. The Kier molecular flexibility index (Phi) is 4.32. The van der Waals surface area contributed by atoms with Gasteiger partial charge in [-0.05, 0) is 24.6 Å². The van der Waals surface area contributed by atoms with Gasteiger partial charge in [0.2, 0.25) is 16.9 Å². The van der Waals surface area contributed by atoms with Gasteiger partial charge in [0.15, 0.2) is 0 Å². The van der Waals surface area contributed by atoms with Crippen LogP contribution in [0.25, 0.3) is 0 Å². The van der Waals surface area contributed by atoms with Crippen LogP contribution in [0.4, 0.5) is 10.8 Å². The van der Waals surface area contributed by atoms with Crippen molar-refractivity contribution in [3.63, 3.8) is 0 Å². The quantitative estimate of drug-likeness (QED) is 0.923. The van der Waals surface area contributed by atoms with E-state index >= 15 is 0 Å². The highest BCUT2D eigenvalue weighted by Crippen LogP contribution is 2.35. The Morgan fingerprint density at radius 1 is 1.43 bits per heavy atom. The molecule has 2 amide bonds. The van der Waals surface area contributed by atoms with Gasteiger partial charge in [-0.3, -0.25) is 9.59 Å². The molecule has 1 aromatic heterocycles. The lowest BCUT2D eigenvalue weighted by atomic mass is 10.1. The average molecular weight is 351 g/mol. The summed E-state index contributed by atoms with van der Waals surface area (Å²) in [4.78, 5) is 25.1. The molecule has 1 aromatic carbocycles. The molecular formula is C15H15ClN4O2S. The summed E-state index contributed by atoms with van der Waals surface area (Å²) < 4.78 is 0. The van der Waals surface area contributed by atoms with E-state index in [1.807, 2.05) is 19.1 Å². The van der Waals surface area contributed by atoms with E-state index in [2.05, 4.69) is 15.5 Å². The third-order valence-corrected chi connectivity index (χ3v) is 5.07. The van der Waals surface area contributed by atoms with Crippen LogP contribution in [-0.4, -0.2) is 28.6 Å². The Labute approximate surface area is 142 Å². The first kappa shape index (κ1) is 15.9. The number of benzene rings is 1. The molecule has 8 heteroatoms. The van der Waals surface area contributed by atoms with Gasteiger partial charge < -0.3 is 10.2 Å². The Hall–Kier alpha value is -1.99. The van der Waals surface area contributed by atoms with Crippen LogP contribution in [0.2, 0.25) is 5.02 Å². The number of carbonyl (C=O) groups is 2. The maximum absolute atomic E-state index is 12.3. The third kappa shape index (κ3) is 3.35. The molecule has 0 aliphatic carbocycles. The fourth-order valence-electron chi connectivity index (χ4n) is 2.47. The van der Waals surface area contributed by atoms with Crippen LogP contribution in [0.3, 0.4) is 0 Å². The zero-order valence-corrected chi connectivity index (χ0v) is 14.2. The van der Waals surface area contributed by atoms with Gasteiger partial charge in [0.25, 0.3) is 0 Å². The molecule has 6 nitrogen and oxygen atoms in total. The number of hydrogen-bond donors (Lipinski definition) is 1. The van der Waals surface area contributed by atoms with Crippen LogP contribution in [0.5, 0.6) is 0 Å². The number of nitrogens with zero attached hydrogens (tertiary/aromatic N) is 3. The minimum atomic E-state index is -0.189. The number of halogens is 1. The molecule has 0 radical (unpaired) electrons. The Morgan fingerprint density at radius 3 is 2.91 bits per heavy atom. The standard InChI is InChI=1S/C15H15ClN4O2S/c1-8-3-4-11(6-12(8)16)20-7-10(5-13(20)22)14-18-19-15(23-14)17-9(2)21/h3-4,6,10H,5,7H2,1-2H3,(H,17,19,21)/t10-/m1/s1. The number of rotatable bonds is 3. The molecular weight excluding hydrogens is 336 g/mol. The first-order valence-corrected chi connectivity index (χ1v) is 8.31. The van der Waals surface area contributed by atoms with E-state index in [1.54, 1.807) is 11.0 Å². The molecule has 1 aliphatic heterocycles. The normalized spacial score (nSPS) is 17.6. The predicted octanol–water partition coefficient (Wildman–Crippen LogP) is 2.98. The number of aryl methyl sites for hydroxylation is 1. The summed E-state index contributed by atoms with van der Waals surface area (Å²) in [5.74, 6) is -0.181. The third-order valence-electron chi connectivity index (χ3n) is 3.66. The van der Waals surface area contributed by atoms with E-state index in [0.717, 1.165) is 16.3 Å². The average Bonchev–Trinajstić information content (AvgIpc) is 3.08. The molecule has 0 unspecified atom stereocenters. The van der Waals surface area contributed by atoms with Crippen molar-refractivity contribution in [1.29, 1.82) is 0 Å². The summed E-state index contributed by atoms with van der Waals surface area (Å²) in [5.41, 5.74) is 1.77. The molecule has 1 aliphatic rings. The Balaban J connectivity index is 1.78. The van der Waals surface area contributed by atoms with Gasteiger partial charge >= 0.3 is 0 Å². The molecule has 1 N–H and O–H groups in total. The molecule has 2 heterocycles. The van der Waals surface area contributed by atoms with E-state index in [4.69, 9.17) is 11.6 Å². The van der Waals surface area contributed by atoms with Crippen LogP contribution in [0, 0.1) is 6.92 Å². The Bertz CT molecular complexity index is 777. The van der Waals surface area contributed by atoms with Crippen LogP contribution in [-0.2, 0) is 9.59 Å². The number of aromatic nitrogens is 2. The number of hydrogen-bond acceptors (Lipinski definition) is 5. The van der Waals surface area contributed by atoms with E-state index < -0.39 is 0 Å². The minimum absolute atomic E-state index is 0.0254. The lowest BCUT2D eigenvalue weighted by Gasteiger charge is -2.17. The Morgan fingerprint density at radius 2 is 2.22 bits per heavy atom. The first-order chi connectivity index (χ1) is 10.9. The number of carbonyl (C=O) groups excluding carboxylic acids is 2. The van der Waals surface area contributed by atoms with Crippen molar-refractivity contribution in [2.24, 2.45) is 0 Å². The van der Waals surface area contributed by atoms with Crippen LogP contribution < -0.4 is 10.2 Å². The number of anilines is 2. The monoisotopic (exact) mass is 350 g/mol. The summed E-state index contributed by atoms with van der Waals surface area (Å²) in [7, 11) is 0. The van der Waals surface area contributed by atoms with Crippen molar-refractivity contribution in [2.75, 3.05) is 16.8 Å². The maximum atomic E-state index is 12.3. The van der Waals surface area contributed by atoms with Crippen LogP contribution in [0.15, 0.2) is 18.2 Å². The first-order valence-electron chi connectivity index (χ1n) is 7.11. The largest absolute Gasteiger partial charge is 0.312 e. The van der Waals surface area contributed by atoms with Gasteiger partial charge in [-0.2, -0.15) is 0 Å². The number of amides is 2. The summed E-state index contributed by atoms with van der Waals surface area (Å²) in [5, 5.41) is 12.5. The zero-order valence-electron chi connectivity index (χ0n) is 12.7. The van der Waals surface area contributed by atoms with Crippen molar-refractivity contribution in [2.45, 2.75) is 26.2 Å². The second-order valence-electron chi connectivity index (χ2n) is 5.47. The van der Waals surface area contributed by atoms with Crippen molar-refractivity contribution in [1.82, 2.24) is 10.2 Å². The summed E-state index contributed by atoms with van der Waals surface area (Å²) in [6.45, 7) is 3.88. The fraction of sp³-hybridized carbons (Fsp3) is 0.333. The van der Waals surface area contributed by atoms with Gasteiger partial charge in [-0.15, -0.1) is 10.2 Å².